The molecule has 2 aromatic carbocycles. The van der Waals surface area contributed by atoms with Crippen LogP contribution in [0.2, 0.25) is 5.02 Å². The zero-order valence-electron chi connectivity index (χ0n) is 17.0. The number of nitrogens with zero attached hydrogens (tertiary/aromatic N) is 4. The molecule has 0 fully saturated rings. The van der Waals surface area contributed by atoms with Gasteiger partial charge in [0.2, 0.25) is 11.7 Å². The first-order chi connectivity index (χ1) is 16.0. The zero-order chi connectivity index (χ0) is 23.1. The highest BCUT2D eigenvalue weighted by Gasteiger charge is 2.18. The van der Waals surface area contributed by atoms with Crippen molar-refractivity contribution in [3.05, 3.63) is 91.5 Å². The van der Waals surface area contributed by atoms with Gasteiger partial charge in [-0.3, -0.25) is 9.36 Å². The monoisotopic (exact) mass is 484 g/mol. The molecule has 166 valence electrons. The van der Waals surface area contributed by atoms with Crippen molar-refractivity contribution < 1.29 is 13.7 Å². The Labute approximate surface area is 194 Å². The summed E-state index contributed by atoms with van der Waals surface area (Å²) in [4.78, 5) is 30.7. The summed E-state index contributed by atoms with van der Waals surface area (Å²) in [5, 5.41) is 5.57. The van der Waals surface area contributed by atoms with Crippen molar-refractivity contribution in [1.29, 1.82) is 0 Å². The van der Waals surface area contributed by atoms with Crippen molar-refractivity contribution in [2.24, 2.45) is 0 Å². The van der Waals surface area contributed by atoms with Gasteiger partial charge in [-0.25, -0.2) is 13.8 Å². The predicted molar refractivity (Wildman–Crippen MR) is 122 cm³/mol. The molecule has 0 aliphatic rings. The number of hydrogen-bond donors (Lipinski definition) is 0. The third-order valence-electron chi connectivity index (χ3n) is 5.02. The molecule has 3 aromatic heterocycles. The van der Waals surface area contributed by atoms with E-state index in [9.17, 15) is 14.0 Å². The van der Waals surface area contributed by atoms with Gasteiger partial charge in [0.15, 0.2) is 0 Å². The fourth-order valence-electron chi connectivity index (χ4n) is 3.41. The van der Waals surface area contributed by atoms with Gasteiger partial charge in [-0.15, -0.1) is 11.3 Å². The van der Waals surface area contributed by atoms with E-state index in [1.54, 1.807) is 35.7 Å². The molecule has 0 radical (unpaired) electrons. The Bertz CT molecular complexity index is 1600. The van der Waals surface area contributed by atoms with Gasteiger partial charge in [-0.2, -0.15) is 4.98 Å². The molecule has 11 heteroatoms. The van der Waals surface area contributed by atoms with Gasteiger partial charge in [-0.05, 0) is 53.9 Å². The largest absolute Gasteiger partial charge is 0.497 e. The van der Waals surface area contributed by atoms with Crippen LogP contribution in [-0.4, -0.2) is 26.4 Å². The molecule has 5 rings (SSSR count). The summed E-state index contributed by atoms with van der Waals surface area (Å²) in [5.41, 5.74) is 0.359. The molecular weight excluding hydrogens is 471 g/mol. The minimum Gasteiger partial charge on any atom is -0.497 e. The fraction of sp³-hybridized carbons (Fsp3) is 0.0909. The molecule has 0 aliphatic carbocycles. The van der Waals surface area contributed by atoms with Gasteiger partial charge in [0.1, 0.15) is 22.8 Å². The van der Waals surface area contributed by atoms with Crippen LogP contribution < -0.4 is 16.0 Å². The fourth-order valence-corrected chi connectivity index (χ4v) is 4.41. The van der Waals surface area contributed by atoms with Gasteiger partial charge >= 0.3 is 5.69 Å². The molecule has 0 unspecified atom stereocenters. The summed E-state index contributed by atoms with van der Waals surface area (Å²) >= 11 is 7.07. The Morgan fingerprint density at radius 2 is 1.94 bits per heavy atom. The second-order valence-corrected chi connectivity index (χ2v) is 8.31. The summed E-state index contributed by atoms with van der Waals surface area (Å²) in [5.74, 6) is 0.380. The molecule has 33 heavy (non-hydrogen) atoms. The van der Waals surface area contributed by atoms with Gasteiger partial charge < -0.3 is 9.26 Å². The van der Waals surface area contributed by atoms with Crippen LogP contribution in [0.25, 0.3) is 27.3 Å². The van der Waals surface area contributed by atoms with Crippen LogP contribution in [0.5, 0.6) is 5.75 Å². The topological polar surface area (TPSA) is 92.2 Å². The average Bonchev–Trinajstić information content (AvgIpc) is 3.49. The van der Waals surface area contributed by atoms with E-state index in [1.165, 1.54) is 41.2 Å². The smallest absolute Gasteiger partial charge is 0.336 e. The Morgan fingerprint density at radius 3 is 2.67 bits per heavy atom. The normalized spacial score (nSPS) is 11.2. The lowest BCUT2D eigenvalue weighted by Crippen LogP contribution is -2.38. The number of halogens is 2. The van der Waals surface area contributed by atoms with Crippen LogP contribution in [0.1, 0.15) is 5.89 Å². The number of methoxy groups -OCH3 is 1. The Hall–Kier alpha value is -3.76. The maximum atomic E-state index is 13.5. The maximum absolute atomic E-state index is 13.5. The number of thiophene rings is 1. The number of hydrogen-bond acceptors (Lipinski definition) is 7. The van der Waals surface area contributed by atoms with E-state index in [2.05, 4.69) is 10.1 Å². The molecule has 8 nitrogen and oxygen atoms in total. The molecule has 0 saturated heterocycles. The summed E-state index contributed by atoms with van der Waals surface area (Å²) in [6.45, 7) is -0.0651. The summed E-state index contributed by atoms with van der Waals surface area (Å²) in [6, 6.07) is 12.4. The van der Waals surface area contributed by atoms with Crippen molar-refractivity contribution in [3.8, 4) is 22.8 Å². The molecule has 0 atom stereocenters. The van der Waals surface area contributed by atoms with E-state index in [1.807, 2.05) is 0 Å². The molecule has 3 heterocycles. The lowest BCUT2D eigenvalue weighted by Gasteiger charge is -2.11. The summed E-state index contributed by atoms with van der Waals surface area (Å²) in [6.07, 6.45) is 0. The van der Waals surface area contributed by atoms with Crippen LogP contribution in [0, 0.1) is 5.82 Å². The van der Waals surface area contributed by atoms with Crippen LogP contribution >= 0.6 is 22.9 Å². The first kappa shape index (κ1) is 21.1. The predicted octanol–water partition coefficient (Wildman–Crippen LogP) is 4.11. The van der Waals surface area contributed by atoms with E-state index in [0.717, 1.165) is 4.57 Å². The van der Waals surface area contributed by atoms with E-state index >= 15 is 0 Å². The first-order valence-electron chi connectivity index (χ1n) is 9.62. The van der Waals surface area contributed by atoms with Crippen molar-refractivity contribution >= 4 is 33.2 Å². The van der Waals surface area contributed by atoms with E-state index in [-0.39, 0.29) is 23.3 Å². The molecule has 5 aromatic rings. The van der Waals surface area contributed by atoms with Gasteiger partial charge in [0.25, 0.3) is 5.56 Å². The van der Waals surface area contributed by atoms with E-state index in [0.29, 0.717) is 27.2 Å². The van der Waals surface area contributed by atoms with Crippen molar-refractivity contribution in [2.45, 2.75) is 6.54 Å². The standard InChI is InChI=1S/C22H14ClFN4O4S/c1-31-14-5-3-13(4-6-14)28-21(29)19-17(8-9-33-19)27(22(28)30)11-18-25-20(26-32-18)12-2-7-16(24)15(23)10-12/h2-10H,11H2,1H3. The molecule has 0 aliphatic heterocycles. The quantitative estimate of drug-likeness (QED) is 0.373. The highest BCUT2D eigenvalue weighted by atomic mass is 35.5. The summed E-state index contributed by atoms with van der Waals surface area (Å²) < 4.78 is 26.8. The lowest BCUT2D eigenvalue weighted by atomic mass is 10.2. The van der Waals surface area contributed by atoms with Crippen molar-refractivity contribution in [3.63, 3.8) is 0 Å². The number of ether oxygens (including phenoxy) is 1. The second kappa shape index (κ2) is 8.30. The van der Waals surface area contributed by atoms with Crippen LogP contribution in [0.15, 0.2) is 68.0 Å². The molecule has 0 N–H and O–H groups in total. The average molecular weight is 485 g/mol. The number of benzene rings is 2. The third-order valence-corrected chi connectivity index (χ3v) is 6.21. The highest BCUT2D eigenvalue weighted by Crippen LogP contribution is 2.23. The van der Waals surface area contributed by atoms with Crippen molar-refractivity contribution in [2.75, 3.05) is 7.11 Å². The molecular formula is C22H14ClFN4O4S. The Balaban J connectivity index is 1.59. The SMILES string of the molecule is COc1ccc(-n2c(=O)c3sccc3n(Cc3nc(-c4ccc(F)c(Cl)c4)no3)c2=O)cc1. The lowest BCUT2D eigenvalue weighted by molar-refractivity contribution is 0.370. The number of rotatable bonds is 5. The molecule has 0 bridgehead atoms. The zero-order valence-corrected chi connectivity index (χ0v) is 18.6. The second-order valence-electron chi connectivity index (χ2n) is 6.98. The van der Waals surface area contributed by atoms with Crippen LogP contribution in [0.4, 0.5) is 4.39 Å². The van der Waals surface area contributed by atoms with Gasteiger partial charge in [0.05, 0.1) is 23.3 Å². The Morgan fingerprint density at radius 1 is 1.15 bits per heavy atom. The van der Waals surface area contributed by atoms with Crippen LogP contribution in [0.3, 0.4) is 0 Å². The number of aromatic nitrogens is 4. The van der Waals surface area contributed by atoms with E-state index in [4.69, 9.17) is 20.9 Å². The first-order valence-corrected chi connectivity index (χ1v) is 10.9. The molecule has 0 spiro atoms. The molecule has 0 amide bonds. The van der Waals surface area contributed by atoms with Gasteiger partial charge in [-0.1, -0.05) is 16.8 Å². The maximum Gasteiger partial charge on any atom is 0.336 e. The number of fused-ring (bicyclic) bond motifs is 1. The minimum absolute atomic E-state index is 0.0651. The van der Waals surface area contributed by atoms with Gasteiger partial charge in [0, 0.05) is 5.56 Å². The van der Waals surface area contributed by atoms with Crippen molar-refractivity contribution in [1.82, 2.24) is 19.3 Å². The van der Waals surface area contributed by atoms with Crippen LogP contribution in [-0.2, 0) is 6.54 Å². The Kier molecular flexibility index (Phi) is 5.31. The van der Waals surface area contributed by atoms with E-state index < -0.39 is 17.1 Å². The molecule has 0 saturated carbocycles. The summed E-state index contributed by atoms with van der Waals surface area (Å²) in [7, 11) is 1.53. The highest BCUT2D eigenvalue weighted by molar-refractivity contribution is 7.17. The third kappa shape index (κ3) is 3.73. The minimum atomic E-state index is -0.559.